The predicted octanol–water partition coefficient (Wildman–Crippen LogP) is 3.16. The summed E-state index contributed by atoms with van der Waals surface area (Å²) >= 11 is 6.92. The fourth-order valence-corrected chi connectivity index (χ4v) is 3.08. The highest BCUT2D eigenvalue weighted by Crippen LogP contribution is 2.25. The molecule has 16 heavy (non-hydrogen) atoms. The van der Waals surface area contributed by atoms with Crippen LogP contribution in [0.3, 0.4) is 0 Å². The van der Waals surface area contributed by atoms with Gasteiger partial charge in [0.15, 0.2) is 0 Å². The molecule has 5 heteroatoms. The Hall–Kier alpha value is -0.130. The van der Waals surface area contributed by atoms with Gasteiger partial charge in [-0.3, -0.25) is 0 Å². The van der Waals surface area contributed by atoms with Crippen molar-refractivity contribution in [1.82, 2.24) is 10.3 Å². The average molecular weight is 349 g/mol. The van der Waals surface area contributed by atoms with Crippen LogP contribution in [0, 0.1) is 0 Å². The maximum absolute atomic E-state index is 4.37. The van der Waals surface area contributed by atoms with Crippen molar-refractivity contribution in [3.63, 3.8) is 0 Å². The molecule has 0 aromatic carbocycles. The second kappa shape index (κ2) is 5.47. The van der Waals surface area contributed by atoms with Crippen LogP contribution in [0.15, 0.2) is 21.2 Å². The summed E-state index contributed by atoms with van der Waals surface area (Å²) in [5, 5.41) is 6.93. The van der Waals surface area contributed by atoms with Gasteiger partial charge in [-0.1, -0.05) is 0 Å². The van der Waals surface area contributed by atoms with Crippen LogP contribution >= 0.6 is 31.9 Å². The van der Waals surface area contributed by atoms with Gasteiger partial charge in [-0.2, -0.15) is 0 Å². The lowest BCUT2D eigenvalue weighted by Gasteiger charge is -2.29. The lowest BCUT2D eigenvalue weighted by atomic mass is 10.0. The van der Waals surface area contributed by atoms with Gasteiger partial charge in [-0.15, -0.1) is 0 Å². The predicted molar refractivity (Wildman–Crippen MR) is 73.7 cm³/mol. The summed E-state index contributed by atoms with van der Waals surface area (Å²) in [5.41, 5.74) is 0. The standard InChI is InChI=1S/C11H15Br2N3/c1-7-4-9(2-3-14-7)16-11-10(13)5-8(12)6-15-11/h5-7,9,14H,2-4H2,1H3,(H,15,16). The molecular formula is C11H15Br2N3. The van der Waals surface area contributed by atoms with E-state index >= 15 is 0 Å². The maximum Gasteiger partial charge on any atom is 0.140 e. The molecule has 1 saturated heterocycles. The molecule has 0 spiro atoms. The summed E-state index contributed by atoms with van der Waals surface area (Å²) in [5.74, 6) is 0.933. The molecule has 2 N–H and O–H groups in total. The van der Waals surface area contributed by atoms with E-state index in [0.717, 1.165) is 34.1 Å². The first kappa shape index (κ1) is 12.3. The molecule has 0 aliphatic carbocycles. The molecular weight excluding hydrogens is 334 g/mol. The number of nitrogens with one attached hydrogen (secondary N) is 2. The summed E-state index contributed by atoms with van der Waals surface area (Å²) in [6.07, 6.45) is 4.11. The summed E-state index contributed by atoms with van der Waals surface area (Å²) < 4.78 is 2.00. The summed E-state index contributed by atoms with van der Waals surface area (Å²) in [6.45, 7) is 3.30. The Balaban J connectivity index is 2.02. The van der Waals surface area contributed by atoms with E-state index in [1.54, 1.807) is 0 Å². The first-order chi connectivity index (χ1) is 7.65. The number of piperidine rings is 1. The molecule has 1 aliphatic heterocycles. The van der Waals surface area contributed by atoms with Gasteiger partial charge in [0.2, 0.25) is 0 Å². The van der Waals surface area contributed by atoms with Crippen molar-refractivity contribution in [2.75, 3.05) is 11.9 Å². The molecule has 3 nitrogen and oxygen atoms in total. The topological polar surface area (TPSA) is 37.0 Å². The second-order valence-electron chi connectivity index (χ2n) is 4.20. The van der Waals surface area contributed by atoms with Crippen LogP contribution in [0.2, 0.25) is 0 Å². The zero-order chi connectivity index (χ0) is 11.5. The third-order valence-electron chi connectivity index (χ3n) is 2.77. The number of hydrogen-bond acceptors (Lipinski definition) is 3. The Morgan fingerprint density at radius 1 is 1.50 bits per heavy atom. The van der Waals surface area contributed by atoms with Crippen molar-refractivity contribution in [2.45, 2.75) is 31.8 Å². The van der Waals surface area contributed by atoms with E-state index in [1.807, 2.05) is 12.3 Å². The van der Waals surface area contributed by atoms with Crippen molar-refractivity contribution in [3.8, 4) is 0 Å². The van der Waals surface area contributed by atoms with E-state index in [2.05, 4.69) is 54.4 Å². The monoisotopic (exact) mass is 347 g/mol. The molecule has 2 heterocycles. The lowest BCUT2D eigenvalue weighted by molar-refractivity contribution is 0.395. The first-order valence-corrected chi connectivity index (χ1v) is 7.04. The molecule has 88 valence electrons. The van der Waals surface area contributed by atoms with Gasteiger partial charge in [0, 0.05) is 22.8 Å². The number of rotatable bonds is 2. The summed E-state index contributed by atoms with van der Waals surface area (Å²) in [4.78, 5) is 4.37. The van der Waals surface area contributed by atoms with Gasteiger partial charge in [0.1, 0.15) is 5.82 Å². The van der Waals surface area contributed by atoms with Crippen molar-refractivity contribution < 1.29 is 0 Å². The largest absolute Gasteiger partial charge is 0.366 e. The van der Waals surface area contributed by atoms with Crippen LogP contribution < -0.4 is 10.6 Å². The zero-order valence-corrected chi connectivity index (χ0v) is 12.3. The molecule has 0 bridgehead atoms. The second-order valence-corrected chi connectivity index (χ2v) is 5.97. The third kappa shape index (κ3) is 3.18. The number of nitrogens with zero attached hydrogens (tertiary/aromatic N) is 1. The molecule has 1 aromatic rings. The van der Waals surface area contributed by atoms with Crippen molar-refractivity contribution in [2.24, 2.45) is 0 Å². The van der Waals surface area contributed by atoms with Crippen LogP contribution in [0.25, 0.3) is 0 Å². The maximum atomic E-state index is 4.37. The smallest absolute Gasteiger partial charge is 0.140 e. The Morgan fingerprint density at radius 2 is 2.31 bits per heavy atom. The van der Waals surface area contributed by atoms with Gasteiger partial charge in [0.05, 0.1) is 4.47 Å². The van der Waals surface area contributed by atoms with Crippen molar-refractivity contribution >= 4 is 37.7 Å². The first-order valence-electron chi connectivity index (χ1n) is 5.46. The van der Waals surface area contributed by atoms with Crippen molar-refractivity contribution in [1.29, 1.82) is 0 Å². The Bertz CT molecular complexity index is 370. The van der Waals surface area contributed by atoms with E-state index in [-0.39, 0.29) is 0 Å². The van der Waals surface area contributed by atoms with Crippen LogP contribution in [0.4, 0.5) is 5.82 Å². The van der Waals surface area contributed by atoms with E-state index in [9.17, 15) is 0 Å². The quantitative estimate of drug-likeness (QED) is 0.862. The molecule has 0 radical (unpaired) electrons. The molecule has 1 fully saturated rings. The Labute approximate surface area is 113 Å². The fourth-order valence-electron chi connectivity index (χ4n) is 1.98. The zero-order valence-electron chi connectivity index (χ0n) is 9.13. The van der Waals surface area contributed by atoms with Crippen LogP contribution in [0.5, 0.6) is 0 Å². The minimum absolute atomic E-state index is 0.515. The van der Waals surface area contributed by atoms with Crippen LogP contribution in [-0.4, -0.2) is 23.6 Å². The minimum Gasteiger partial charge on any atom is -0.366 e. The van der Waals surface area contributed by atoms with Crippen LogP contribution in [0.1, 0.15) is 19.8 Å². The van der Waals surface area contributed by atoms with Gasteiger partial charge in [-0.05, 0) is 64.2 Å². The Morgan fingerprint density at radius 3 is 3.00 bits per heavy atom. The fraction of sp³-hybridized carbons (Fsp3) is 0.545. The Kier molecular flexibility index (Phi) is 4.21. The number of anilines is 1. The van der Waals surface area contributed by atoms with Gasteiger partial charge in [-0.25, -0.2) is 4.98 Å². The molecule has 1 aliphatic rings. The normalized spacial score (nSPS) is 25.4. The van der Waals surface area contributed by atoms with Gasteiger partial charge >= 0.3 is 0 Å². The van der Waals surface area contributed by atoms with E-state index < -0.39 is 0 Å². The average Bonchev–Trinajstić information content (AvgIpc) is 2.22. The third-order valence-corrected chi connectivity index (χ3v) is 3.81. The highest BCUT2D eigenvalue weighted by atomic mass is 79.9. The number of halogens is 2. The lowest BCUT2D eigenvalue weighted by Crippen LogP contribution is -2.41. The molecule has 1 aromatic heterocycles. The van der Waals surface area contributed by atoms with Gasteiger partial charge < -0.3 is 10.6 Å². The molecule has 0 saturated carbocycles. The van der Waals surface area contributed by atoms with Gasteiger partial charge in [0.25, 0.3) is 0 Å². The number of hydrogen-bond donors (Lipinski definition) is 2. The highest BCUT2D eigenvalue weighted by Gasteiger charge is 2.18. The minimum atomic E-state index is 0.515. The van der Waals surface area contributed by atoms with Crippen LogP contribution in [-0.2, 0) is 0 Å². The molecule has 2 atom stereocenters. The van der Waals surface area contributed by atoms with E-state index in [0.29, 0.717) is 12.1 Å². The molecule has 2 unspecified atom stereocenters. The van der Waals surface area contributed by atoms with E-state index in [4.69, 9.17) is 0 Å². The molecule has 2 rings (SSSR count). The number of aromatic nitrogens is 1. The molecule has 0 amide bonds. The SMILES string of the molecule is CC1CC(Nc2ncc(Br)cc2Br)CCN1. The number of pyridine rings is 1. The van der Waals surface area contributed by atoms with E-state index in [1.165, 1.54) is 0 Å². The summed E-state index contributed by atoms with van der Waals surface area (Å²) in [7, 11) is 0. The highest BCUT2D eigenvalue weighted by molar-refractivity contribution is 9.11. The summed E-state index contributed by atoms with van der Waals surface area (Å²) in [6, 6.07) is 3.11. The van der Waals surface area contributed by atoms with Crippen molar-refractivity contribution in [3.05, 3.63) is 21.2 Å².